The quantitative estimate of drug-likeness (QED) is 0.443. The maximum Gasteiger partial charge on any atom is 0.289 e. The van der Waals surface area contributed by atoms with Gasteiger partial charge in [0.2, 0.25) is 0 Å². The summed E-state index contributed by atoms with van der Waals surface area (Å²) in [6.07, 6.45) is 4.29. The zero-order chi connectivity index (χ0) is 10.8. The van der Waals surface area contributed by atoms with Crippen LogP contribution in [0.15, 0.2) is 30.7 Å². The van der Waals surface area contributed by atoms with Gasteiger partial charge in [-0.15, -0.1) is 0 Å². The fourth-order valence-corrected chi connectivity index (χ4v) is 1.29. The molecule has 0 aliphatic rings. The molecule has 15 heavy (non-hydrogen) atoms. The van der Waals surface area contributed by atoms with Gasteiger partial charge in [0, 0.05) is 18.5 Å². The first kappa shape index (κ1) is 9.60. The highest BCUT2D eigenvalue weighted by molar-refractivity contribution is 6.31. The summed E-state index contributed by atoms with van der Waals surface area (Å²) in [6, 6.07) is 3.01. The van der Waals surface area contributed by atoms with Crippen molar-refractivity contribution in [2.45, 2.75) is 0 Å². The smallest absolute Gasteiger partial charge is 0.258 e. The predicted molar refractivity (Wildman–Crippen MR) is 53.0 cm³/mol. The number of hydrogen-bond acceptors (Lipinski definition) is 4. The third kappa shape index (κ3) is 1.79. The molecule has 0 radical (unpaired) electrons. The molecule has 0 atom stereocenters. The van der Waals surface area contributed by atoms with Crippen molar-refractivity contribution in [3.8, 4) is 5.69 Å². The first-order chi connectivity index (χ1) is 7.18. The topological polar surface area (TPSA) is 73.8 Å². The summed E-state index contributed by atoms with van der Waals surface area (Å²) >= 11 is 5.80. The molecule has 2 aromatic rings. The van der Waals surface area contributed by atoms with Gasteiger partial charge in [-0.3, -0.25) is 10.1 Å². The van der Waals surface area contributed by atoms with E-state index >= 15 is 0 Å². The Morgan fingerprint density at radius 2 is 2.33 bits per heavy atom. The Bertz CT molecular complexity index is 497. The van der Waals surface area contributed by atoms with Crippen molar-refractivity contribution in [1.82, 2.24) is 14.8 Å². The van der Waals surface area contributed by atoms with Crippen molar-refractivity contribution in [2.24, 2.45) is 0 Å². The molecule has 0 bridgehead atoms. The minimum Gasteiger partial charge on any atom is -0.258 e. The summed E-state index contributed by atoms with van der Waals surface area (Å²) in [7, 11) is 0. The molecule has 76 valence electrons. The van der Waals surface area contributed by atoms with Gasteiger partial charge in [0.15, 0.2) is 5.15 Å². The van der Waals surface area contributed by atoms with Crippen LogP contribution in [-0.4, -0.2) is 19.7 Å². The van der Waals surface area contributed by atoms with Crippen molar-refractivity contribution in [3.05, 3.63) is 46.0 Å². The van der Waals surface area contributed by atoms with Gasteiger partial charge in [-0.05, 0) is 6.07 Å². The van der Waals surface area contributed by atoms with Crippen molar-refractivity contribution in [2.75, 3.05) is 0 Å². The summed E-state index contributed by atoms with van der Waals surface area (Å²) in [5, 5.41) is 14.6. The van der Waals surface area contributed by atoms with E-state index < -0.39 is 4.92 Å². The van der Waals surface area contributed by atoms with Crippen molar-refractivity contribution < 1.29 is 4.92 Å². The van der Waals surface area contributed by atoms with E-state index in [1.807, 2.05) is 0 Å². The van der Waals surface area contributed by atoms with Gasteiger partial charge < -0.3 is 0 Å². The van der Waals surface area contributed by atoms with Gasteiger partial charge in [-0.1, -0.05) is 11.6 Å². The number of hydrogen-bond donors (Lipinski definition) is 0. The molecule has 0 aliphatic carbocycles. The van der Waals surface area contributed by atoms with E-state index in [-0.39, 0.29) is 10.8 Å². The highest BCUT2D eigenvalue weighted by Gasteiger charge is 2.12. The molecule has 0 saturated heterocycles. The highest BCUT2D eigenvalue weighted by Crippen LogP contribution is 2.21. The molecule has 6 nitrogen and oxygen atoms in total. The largest absolute Gasteiger partial charge is 0.289 e. The fourth-order valence-electron chi connectivity index (χ4n) is 1.10. The van der Waals surface area contributed by atoms with E-state index in [9.17, 15) is 10.1 Å². The minimum atomic E-state index is -0.531. The SMILES string of the molecule is O=[N+]([O-])c1cnc(Cl)c(-n2cccn2)c1. The normalized spacial score (nSPS) is 10.2. The summed E-state index contributed by atoms with van der Waals surface area (Å²) in [5.74, 6) is 0. The summed E-state index contributed by atoms with van der Waals surface area (Å²) in [5.41, 5.74) is 0.265. The van der Waals surface area contributed by atoms with Gasteiger partial charge in [-0.2, -0.15) is 5.10 Å². The Kier molecular flexibility index (Phi) is 2.34. The van der Waals surface area contributed by atoms with Gasteiger partial charge in [0.05, 0.1) is 4.92 Å². The van der Waals surface area contributed by atoms with E-state index in [1.54, 1.807) is 18.5 Å². The molecule has 0 amide bonds. The second-order valence-corrected chi connectivity index (χ2v) is 3.07. The first-order valence-corrected chi connectivity index (χ1v) is 4.36. The van der Waals surface area contributed by atoms with Gasteiger partial charge in [-0.25, -0.2) is 9.67 Å². The number of nitrogens with zero attached hydrogens (tertiary/aromatic N) is 4. The van der Waals surface area contributed by atoms with Gasteiger partial charge >= 0.3 is 0 Å². The lowest BCUT2D eigenvalue weighted by Crippen LogP contribution is -1.99. The molecule has 2 rings (SSSR count). The number of aromatic nitrogens is 3. The maximum absolute atomic E-state index is 10.5. The van der Waals surface area contributed by atoms with E-state index in [0.29, 0.717) is 5.69 Å². The number of halogens is 1. The maximum atomic E-state index is 10.5. The zero-order valence-electron chi connectivity index (χ0n) is 7.37. The second kappa shape index (κ2) is 3.66. The number of pyridine rings is 1. The fraction of sp³-hybridized carbons (Fsp3) is 0. The Balaban J connectivity index is 2.55. The van der Waals surface area contributed by atoms with Crippen LogP contribution in [0.5, 0.6) is 0 Å². The Hall–Kier alpha value is -1.95. The molecule has 0 aromatic carbocycles. The average Bonchev–Trinajstić information content (AvgIpc) is 2.71. The van der Waals surface area contributed by atoms with Crippen molar-refractivity contribution in [1.29, 1.82) is 0 Å². The molecule has 0 N–H and O–H groups in total. The number of rotatable bonds is 2. The molecule has 2 heterocycles. The Morgan fingerprint density at radius 3 is 2.93 bits per heavy atom. The van der Waals surface area contributed by atoms with Gasteiger partial charge in [0.25, 0.3) is 5.69 Å². The lowest BCUT2D eigenvalue weighted by molar-refractivity contribution is -0.385. The lowest BCUT2D eigenvalue weighted by Gasteiger charge is -2.02. The molecular weight excluding hydrogens is 220 g/mol. The van der Waals surface area contributed by atoms with Crippen LogP contribution in [0.2, 0.25) is 5.15 Å². The molecule has 7 heteroatoms. The van der Waals surface area contributed by atoms with Crippen LogP contribution in [0.25, 0.3) is 5.69 Å². The van der Waals surface area contributed by atoms with Crippen LogP contribution < -0.4 is 0 Å². The van der Waals surface area contributed by atoms with E-state index in [0.717, 1.165) is 6.20 Å². The Morgan fingerprint density at radius 1 is 1.53 bits per heavy atom. The second-order valence-electron chi connectivity index (χ2n) is 2.71. The first-order valence-electron chi connectivity index (χ1n) is 3.98. The summed E-state index contributed by atoms with van der Waals surface area (Å²) in [6.45, 7) is 0. The lowest BCUT2D eigenvalue weighted by atomic mass is 10.4. The average molecular weight is 225 g/mol. The van der Waals surface area contributed by atoms with Crippen LogP contribution in [0, 0.1) is 10.1 Å². The predicted octanol–water partition coefficient (Wildman–Crippen LogP) is 1.83. The van der Waals surface area contributed by atoms with Crippen LogP contribution >= 0.6 is 11.6 Å². The molecular formula is C8H5ClN4O2. The standard InChI is InChI=1S/C8H5ClN4O2/c9-8-7(12-3-1-2-11-12)4-6(5-10-8)13(14)15/h1-5H. The monoisotopic (exact) mass is 224 g/mol. The molecule has 0 spiro atoms. The van der Waals surface area contributed by atoms with Crippen LogP contribution in [-0.2, 0) is 0 Å². The van der Waals surface area contributed by atoms with Gasteiger partial charge in [0.1, 0.15) is 11.9 Å². The van der Waals surface area contributed by atoms with Crippen molar-refractivity contribution in [3.63, 3.8) is 0 Å². The van der Waals surface area contributed by atoms with E-state index in [4.69, 9.17) is 11.6 Å². The van der Waals surface area contributed by atoms with Crippen molar-refractivity contribution >= 4 is 17.3 Å². The minimum absolute atomic E-state index is 0.120. The van der Waals surface area contributed by atoms with E-state index in [1.165, 1.54) is 10.7 Å². The van der Waals surface area contributed by atoms with Crippen LogP contribution in [0.4, 0.5) is 5.69 Å². The molecule has 2 aromatic heterocycles. The van der Waals surface area contributed by atoms with Crippen LogP contribution in [0.3, 0.4) is 0 Å². The molecule has 0 fully saturated rings. The zero-order valence-corrected chi connectivity index (χ0v) is 8.13. The Labute approximate surface area is 89.3 Å². The summed E-state index contributed by atoms with van der Waals surface area (Å²) in [4.78, 5) is 13.7. The molecule has 0 aliphatic heterocycles. The third-order valence-corrected chi connectivity index (χ3v) is 2.06. The molecule has 0 unspecified atom stereocenters. The number of nitro groups is 1. The molecule has 0 saturated carbocycles. The highest BCUT2D eigenvalue weighted by atomic mass is 35.5. The summed E-state index contributed by atoms with van der Waals surface area (Å²) < 4.78 is 1.42. The van der Waals surface area contributed by atoms with E-state index in [2.05, 4.69) is 10.1 Å². The third-order valence-electron chi connectivity index (χ3n) is 1.77. The van der Waals surface area contributed by atoms with Crippen LogP contribution in [0.1, 0.15) is 0 Å².